The quantitative estimate of drug-likeness (QED) is 0.271. The fourth-order valence-corrected chi connectivity index (χ4v) is 5.26. The van der Waals surface area contributed by atoms with Gasteiger partial charge in [-0.3, -0.25) is 0 Å². The average molecular weight is 620 g/mol. The number of likely N-dealkylation sites (N-methyl/N-ethyl adjacent to an activating group) is 1. The van der Waals surface area contributed by atoms with Gasteiger partial charge in [-0.1, -0.05) is 19.9 Å². The second-order valence-electron chi connectivity index (χ2n) is 10.1. The number of anilines is 1. The lowest BCUT2D eigenvalue weighted by molar-refractivity contribution is -0.401. The number of rotatable bonds is 2. The van der Waals surface area contributed by atoms with E-state index in [-0.39, 0.29) is 24.0 Å². The Balaban J connectivity index is 0.00000361. The molecule has 4 rings (SSSR count). The van der Waals surface area contributed by atoms with Crippen molar-refractivity contribution in [1.82, 2.24) is 0 Å². The van der Waals surface area contributed by atoms with Gasteiger partial charge in [0.15, 0.2) is 5.71 Å². The van der Waals surface area contributed by atoms with Gasteiger partial charge in [0.05, 0.1) is 16.5 Å². The highest BCUT2D eigenvalue weighted by atomic mass is 127. The van der Waals surface area contributed by atoms with Crippen molar-refractivity contribution in [2.75, 3.05) is 19.0 Å². The fraction of sp³-hybridized carbons (Fsp3) is 0.370. The minimum atomic E-state index is -4.42. The highest BCUT2D eigenvalue weighted by Gasteiger charge is 2.45. The van der Waals surface area contributed by atoms with E-state index in [1.54, 1.807) is 0 Å². The zero-order valence-corrected chi connectivity index (χ0v) is 22.9. The van der Waals surface area contributed by atoms with Crippen LogP contribution in [0.5, 0.6) is 0 Å². The highest BCUT2D eigenvalue weighted by Crippen LogP contribution is 2.49. The third-order valence-electron chi connectivity index (χ3n) is 7.23. The molecule has 2 aromatic rings. The molecule has 2 heterocycles. The topological polar surface area (TPSA) is 6.25 Å². The molecule has 2 aliphatic rings. The van der Waals surface area contributed by atoms with Crippen molar-refractivity contribution in [3.63, 3.8) is 0 Å². The number of halogens is 7. The molecule has 0 N–H and O–H groups in total. The molecular weight excluding hydrogens is 593 g/mol. The van der Waals surface area contributed by atoms with Gasteiger partial charge in [0.2, 0.25) is 5.69 Å². The van der Waals surface area contributed by atoms with Gasteiger partial charge < -0.3 is 28.9 Å². The van der Waals surface area contributed by atoms with Crippen LogP contribution in [-0.4, -0.2) is 24.4 Å². The predicted octanol–water partition coefficient (Wildman–Crippen LogP) is 4.60. The molecule has 194 valence electrons. The molecule has 0 fully saturated rings. The van der Waals surface area contributed by atoms with Gasteiger partial charge in [0, 0.05) is 41.6 Å². The Morgan fingerprint density at radius 1 is 0.806 bits per heavy atom. The summed E-state index contributed by atoms with van der Waals surface area (Å²) in [5.74, 6) is 0. The summed E-state index contributed by atoms with van der Waals surface area (Å²) < 4.78 is 81.6. The summed E-state index contributed by atoms with van der Waals surface area (Å²) in [6.45, 7) is 7.51. The molecule has 0 atom stereocenters. The lowest BCUT2D eigenvalue weighted by Crippen LogP contribution is -3.00. The minimum Gasteiger partial charge on any atom is -1.00 e. The lowest BCUT2D eigenvalue weighted by atomic mass is 9.80. The van der Waals surface area contributed by atoms with E-state index in [1.165, 1.54) is 24.3 Å². The van der Waals surface area contributed by atoms with Crippen LogP contribution in [-0.2, 0) is 23.2 Å². The van der Waals surface area contributed by atoms with Crippen LogP contribution in [0.1, 0.15) is 49.9 Å². The number of nitrogens with zero attached hydrogens (tertiary/aromatic N) is 2. The van der Waals surface area contributed by atoms with E-state index < -0.39 is 34.3 Å². The maximum absolute atomic E-state index is 13.3. The second-order valence-corrected chi connectivity index (χ2v) is 10.1. The van der Waals surface area contributed by atoms with Gasteiger partial charge in [-0.05, 0) is 55.8 Å². The van der Waals surface area contributed by atoms with Crippen molar-refractivity contribution < 1.29 is 54.9 Å². The summed E-state index contributed by atoms with van der Waals surface area (Å²) >= 11 is 0. The standard InChI is InChI=1S/C27H27F6N2.HI/c1-24(2)18-14-16(26(28,29)30)10-12-20(18)34(5)22(24)8-7-9-23-25(3,4)19-15-17(27(31,32)33)11-13-21(19)35(23)6;/h7-15H,1-6H3;1H/q+1;/p-1. The predicted molar refractivity (Wildman–Crippen MR) is 125 cm³/mol. The fourth-order valence-electron chi connectivity index (χ4n) is 5.26. The third-order valence-corrected chi connectivity index (χ3v) is 7.23. The molecule has 2 aliphatic heterocycles. The molecule has 0 amide bonds. The van der Waals surface area contributed by atoms with Crippen molar-refractivity contribution in [1.29, 1.82) is 0 Å². The number of fused-ring (bicyclic) bond motifs is 2. The Morgan fingerprint density at radius 2 is 1.33 bits per heavy atom. The summed E-state index contributed by atoms with van der Waals surface area (Å²) in [7, 11) is 3.63. The molecule has 0 radical (unpaired) electrons. The van der Waals surface area contributed by atoms with Crippen LogP contribution >= 0.6 is 0 Å². The van der Waals surface area contributed by atoms with E-state index >= 15 is 0 Å². The number of alkyl halides is 6. The molecule has 36 heavy (non-hydrogen) atoms. The zero-order chi connectivity index (χ0) is 26.1. The van der Waals surface area contributed by atoms with Crippen LogP contribution in [0.25, 0.3) is 0 Å². The van der Waals surface area contributed by atoms with Gasteiger partial charge >= 0.3 is 12.4 Å². The first-order chi connectivity index (χ1) is 16.0. The van der Waals surface area contributed by atoms with E-state index in [4.69, 9.17) is 0 Å². The summed E-state index contributed by atoms with van der Waals surface area (Å²) in [5.41, 5.74) is 1.54. The summed E-state index contributed by atoms with van der Waals surface area (Å²) in [6, 6.07) is 7.55. The summed E-state index contributed by atoms with van der Waals surface area (Å²) in [4.78, 5) is 1.87. The van der Waals surface area contributed by atoms with E-state index in [0.29, 0.717) is 22.5 Å². The van der Waals surface area contributed by atoms with Crippen molar-refractivity contribution in [2.45, 2.75) is 50.9 Å². The first-order valence-corrected chi connectivity index (χ1v) is 11.1. The van der Waals surface area contributed by atoms with Gasteiger partial charge in [-0.25, -0.2) is 0 Å². The van der Waals surface area contributed by atoms with Crippen molar-refractivity contribution in [2.24, 2.45) is 0 Å². The van der Waals surface area contributed by atoms with Crippen molar-refractivity contribution in [3.05, 3.63) is 82.6 Å². The molecule has 0 saturated heterocycles. The normalized spacial score (nSPS) is 19.7. The first-order valence-electron chi connectivity index (χ1n) is 11.1. The Kier molecular flexibility index (Phi) is 7.00. The maximum atomic E-state index is 13.3. The van der Waals surface area contributed by atoms with Crippen LogP contribution in [0.2, 0.25) is 0 Å². The van der Waals surface area contributed by atoms with Gasteiger partial charge in [-0.15, -0.1) is 0 Å². The van der Waals surface area contributed by atoms with E-state index in [9.17, 15) is 26.3 Å². The number of benzene rings is 2. The Bertz CT molecular complexity index is 1300. The highest BCUT2D eigenvalue weighted by molar-refractivity contribution is 6.03. The number of hydrogen-bond donors (Lipinski definition) is 0. The molecule has 9 heteroatoms. The Labute approximate surface area is 224 Å². The van der Waals surface area contributed by atoms with Crippen molar-refractivity contribution in [3.8, 4) is 0 Å². The van der Waals surface area contributed by atoms with Crippen LogP contribution in [0, 0.1) is 0 Å². The molecule has 0 spiro atoms. The SMILES string of the molecule is CN1/C(=C/C=C/C2=[N+](C)c3ccc(C(F)(F)F)cc3C2(C)C)C(C)(C)c2cc(C(F)(F)F)ccc21.[I-]. The zero-order valence-electron chi connectivity index (χ0n) is 20.7. The number of allylic oxidation sites excluding steroid dienone is 4. The van der Waals surface area contributed by atoms with E-state index in [0.717, 1.165) is 23.5 Å². The van der Waals surface area contributed by atoms with E-state index in [1.807, 2.05) is 69.5 Å². The molecule has 0 bridgehead atoms. The van der Waals surface area contributed by atoms with Crippen molar-refractivity contribution >= 4 is 17.1 Å². The van der Waals surface area contributed by atoms with Gasteiger partial charge in [-0.2, -0.15) is 30.9 Å². The van der Waals surface area contributed by atoms with Crippen LogP contribution in [0.15, 0.2) is 60.3 Å². The molecule has 2 aromatic carbocycles. The summed E-state index contributed by atoms with van der Waals surface area (Å²) in [6.07, 6.45) is -3.32. The van der Waals surface area contributed by atoms with E-state index in [2.05, 4.69) is 0 Å². The molecule has 0 unspecified atom stereocenters. The van der Waals surface area contributed by atoms with Crippen LogP contribution in [0.4, 0.5) is 37.7 Å². The van der Waals surface area contributed by atoms with Crippen LogP contribution < -0.4 is 28.9 Å². The molecule has 0 aliphatic carbocycles. The van der Waals surface area contributed by atoms with Gasteiger partial charge in [0.1, 0.15) is 7.05 Å². The molecule has 2 nitrogen and oxygen atoms in total. The maximum Gasteiger partial charge on any atom is 0.416 e. The molecular formula is C27H27F6IN2. The number of hydrogen-bond acceptors (Lipinski definition) is 1. The van der Waals surface area contributed by atoms with Gasteiger partial charge in [0.25, 0.3) is 0 Å². The smallest absolute Gasteiger partial charge is 0.416 e. The third kappa shape index (κ3) is 4.48. The van der Waals surface area contributed by atoms with Crippen LogP contribution in [0.3, 0.4) is 0 Å². The molecule has 0 aromatic heterocycles. The minimum absolute atomic E-state index is 0. The average Bonchev–Trinajstić information content (AvgIpc) is 3.05. The summed E-state index contributed by atoms with van der Waals surface area (Å²) in [5, 5.41) is 0. The monoisotopic (exact) mass is 620 g/mol. The molecule has 0 saturated carbocycles. The Morgan fingerprint density at radius 3 is 1.89 bits per heavy atom. The first kappa shape index (κ1) is 28.3. The Hall–Kier alpha value is -2.30. The second kappa shape index (κ2) is 8.92. The lowest BCUT2D eigenvalue weighted by Gasteiger charge is -2.24. The largest absolute Gasteiger partial charge is 1.00 e.